The van der Waals surface area contributed by atoms with Crippen molar-refractivity contribution in [3.63, 3.8) is 0 Å². The highest BCUT2D eigenvalue weighted by atomic mass is 16.2. The molecule has 2 aliphatic heterocycles. The molecule has 0 aromatic rings. The van der Waals surface area contributed by atoms with Crippen LogP contribution in [0.15, 0.2) is 36.6 Å². The second kappa shape index (κ2) is 20.8. The van der Waals surface area contributed by atoms with E-state index in [0.29, 0.717) is 12.5 Å². The summed E-state index contributed by atoms with van der Waals surface area (Å²) in [5.74, 6) is 0. The van der Waals surface area contributed by atoms with Crippen LogP contribution in [0.25, 0.3) is 0 Å². The van der Waals surface area contributed by atoms with Gasteiger partial charge in [0.2, 0.25) is 0 Å². The van der Waals surface area contributed by atoms with E-state index >= 15 is 0 Å². The zero-order chi connectivity index (χ0) is 29.8. The number of likely N-dealkylation sites (tertiary alicyclic amines) is 1. The number of hydrogen-bond acceptors (Lipinski definition) is 4. The van der Waals surface area contributed by atoms with Crippen molar-refractivity contribution in [2.75, 3.05) is 46.8 Å². The van der Waals surface area contributed by atoms with Gasteiger partial charge in [-0.05, 0) is 104 Å². The summed E-state index contributed by atoms with van der Waals surface area (Å²) in [6.45, 7) is 23.4. The molecular weight excluding hydrogens is 484 g/mol. The maximum Gasteiger partial charge on any atom is 0.320 e. The zero-order valence-electron chi connectivity index (χ0n) is 27.0. The number of allylic oxidation sites excluding steroid dienone is 4. The SMILES string of the molecule is C=CN(C)C1CCC1.CC(C)(C)CC=O.CC1=CC=CCC1.CCN1CCN(C(C)C)C1=O.CN1CCCC1. The second-order valence-electron chi connectivity index (χ2n) is 12.5. The number of rotatable bonds is 5. The topological polar surface area (TPSA) is 47.1 Å². The standard InChI is InChI=1S/C8H16N2O.C7H13N.C7H10.C6H12O.C5H11N/c1-4-9-5-6-10(7(2)3)8(9)11;1-3-8(2)7-5-4-6-7;1-7-5-3-2-4-6-7;1-6(2,3)4-5-7;1-6-4-2-3-5-6/h7H,4-6H2,1-3H3;3,7H,1,4-6H2,2H3;2-3,5H,4,6H2,1H3;5H,4H2,1-3H3;2-5H2,1H3. The molecule has 0 aromatic carbocycles. The van der Waals surface area contributed by atoms with E-state index < -0.39 is 0 Å². The molecule has 3 fully saturated rings. The van der Waals surface area contributed by atoms with E-state index in [4.69, 9.17) is 0 Å². The summed E-state index contributed by atoms with van der Waals surface area (Å²) in [6, 6.07) is 1.36. The molecule has 0 atom stereocenters. The largest absolute Gasteiger partial charge is 0.378 e. The minimum atomic E-state index is 0.182. The summed E-state index contributed by atoms with van der Waals surface area (Å²) in [7, 11) is 4.27. The van der Waals surface area contributed by atoms with Gasteiger partial charge in [-0.25, -0.2) is 4.79 Å². The van der Waals surface area contributed by atoms with E-state index in [2.05, 4.69) is 69.5 Å². The van der Waals surface area contributed by atoms with Crippen LogP contribution in [0.4, 0.5) is 4.79 Å². The molecule has 0 bridgehead atoms. The molecule has 2 saturated heterocycles. The first-order chi connectivity index (χ1) is 18.4. The molecule has 0 spiro atoms. The van der Waals surface area contributed by atoms with Crippen molar-refractivity contribution in [1.29, 1.82) is 0 Å². The lowest BCUT2D eigenvalue weighted by molar-refractivity contribution is -0.109. The highest BCUT2D eigenvalue weighted by Crippen LogP contribution is 2.23. The van der Waals surface area contributed by atoms with Gasteiger partial charge < -0.3 is 24.4 Å². The Kier molecular flexibility index (Phi) is 19.7. The van der Waals surface area contributed by atoms with Gasteiger partial charge in [0.05, 0.1) is 0 Å². The molecule has 0 unspecified atom stereocenters. The summed E-state index contributed by atoms with van der Waals surface area (Å²) in [5.41, 5.74) is 1.68. The molecule has 2 aliphatic carbocycles. The maximum absolute atomic E-state index is 11.4. The summed E-state index contributed by atoms with van der Waals surface area (Å²) >= 11 is 0. The quantitative estimate of drug-likeness (QED) is 0.338. The average Bonchev–Trinajstić information content (AvgIpc) is 3.47. The van der Waals surface area contributed by atoms with Gasteiger partial charge in [0.15, 0.2) is 0 Å². The minimum absolute atomic E-state index is 0.182. The third-order valence-corrected chi connectivity index (χ3v) is 7.32. The van der Waals surface area contributed by atoms with Crippen LogP contribution in [-0.4, -0.2) is 90.8 Å². The summed E-state index contributed by atoms with van der Waals surface area (Å²) in [5, 5.41) is 0. The van der Waals surface area contributed by atoms with E-state index in [1.165, 1.54) is 63.6 Å². The molecular formula is C33H62N4O2. The summed E-state index contributed by atoms with van der Waals surface area (Å²) in [4.78, 5) is 29.6. The van der Waals surface area contributed by atoms with Crippen molar-refractivity contribution in [2.45, 2.75) is 112 Å². The van der Waals surface area contributed by atoms with Crippen molar-refractivity contribution < 1.29 is 9.59 Å². The summed E-state index contributed by atoms with van der Waals surface area (Å²) in [6.07, 6.45) is 19.5. The molecule has 0 N–H and O–H groups in total. The molecule has 0 radical (unpaired) electrons. The first kappa shape index (κ1) is 36.9. The minimum Gasteiger partial charge on any atom is -0.378 e. The lowest BCUT2D eigenvalue weighted by Crippen LogP contribution is -2.36. The van der Waals surface area contributed by atoms with Gasteiger partial charge in [-0.1, -0.05) is 51.2 Å². The fourth-order valence-corrected chi connectivity index (χ4v) is 4.16. The maximum atomic E-state index is 11.4. The monoisotopic (exact) mass is 546 g/mol. The van der Waals surface area contributed by atoms with E-state index in [0.717, 1.165) is 32.0 Å². The number of aldehydes is 1. The van der Waals surface area contributed by atoms with Crippen LogP contribution < -0.4 is 0 Å². The van der Waals surface area contributed by atoms with Gasteiger partial charge in [0.25, 0.3) is 0 Å². The van der Waals surface area contributed by atoms with Gasteiger partial charge >= 0.3 is 6.03 Å². The number of urea groups is 1. The predicted molar refractivity (Wildman–Crippen MR) is 169 cm³/mol. The number of carbonyl (C=O) groups excluding carboxylic acids is 2. The van der Waals surface area contributed by atoms with Crippen LogP contribution in [-0.2, 0) is 4.79 Å². The van der Waals surface area contributed by atoms with Crippen LogP contribution in [0.5, 0.6) is 0 Å². The van der Waals surface area contributed by atoms with Crippen molar-refractivity contribution in [3.05, 3.63) is 36.6 Å². The molecule has 226 valence electrons. The highest BCUT2D eigenvalue weighted by molar-refractivity contribution is 5.76. The zero-order valence-corrected chi connectivity index (χ0v) is 27.0. The predicted octanol–water partition coefficient (Wildman–Crippen LogP) is 7.38. The number of hydrogen-bond donors (Lipinski definition) is 0. The van der Waals surface area contributed by atoms with Gasteiger partial charge in [-0.3, -0.25) is 0 Å². The van der Waals surface area contributed by atoms with Crippen LogP contribution >= 0.6 is 0 Å². The van der Waals surface area contributed by atoms with Gasteiger partial charge in [-0.2, -0.15) is 0 Å². The number of amides is 2. The number of likely N-dealkylation sites (N-methyl/N-ethyl adjacent to an activating group) is 1. The van der Waals surface area contributed by atoms with E-state index in [9.17, 15) is 9.59 Å². The van der Waals surface area contributed by atoms with E-state index in [1.54, 1.807) is 0 Å². The van der Waals surface area contributed by atoms with Crippen LogP contribution in [0.2, 0.25) is 0 Å². The Balaban J connectivity index is 0.000000471. The van der Waals surface area contributed by atoms with Crippen molar-refractivity contribution in [3.8, 4) is 0 Å². The third kappa shape index (κ3) is 18.0. The van der Waals surface area contributed by atoms with Crippen LogP contribution in [0.1, 0.15) is 99.8 Å². The first-order valence-electron chi connectivity index (χ1n) is 15.2. The smallest absolute Gasteiger partial charge is 0.320 e. The van der Waals surface area contributed by atoms with Crippen LogP contribution in [0, 0.1) is 5.41 Å². The van der Waals surface area contributed by atoms with Gasteiger partial charge in [0.1, 0.15) is 6.29 Å². The van der Waals surface area contributed by atoms with Gasteiger partial charge in [0, 0.05) is 45.2 Å². The van der Waals surface area contributed by atoms with Crippen molar-refractivity contribution in [1.82, 2.24) is 19.6 Å². The Morgan fingerprint density at radius 3 is 1.90 bits per heavy atom. The number of nitrogens with zero attached hydrogens (tertiary/aromatic N) is 4. The van der Waals surface area contributed by atoms with Gasteiger partial charge in [-0.15, -0.1) is 0 Å². The summed E-state index contributed by atoms with van der Waals surface area (Å²) < 4.78 is 0. The molecule has 1 saturated carbocycles. The Bertz CT molecular complexity index is 728. The Morgan fingerprint density at radius 1 is 1.10 bits per heavy atom. The normalized spacial score (nSPS) is 18.7. The second-order valence-corrected chi connectivity index (χ2v) is 12.5. The van der Waals surface area contributed by atoms with Crippen LogP contribution in [0.3, 0.4) is 0 Å². The highest BCUT2D eigenvalue weighted by Gasteiger charge is 2.28. The Hall–Kier alpha value is -2.08. The Morgan fingerprint density at radius 2 is 1.72 bits per heavy atom. The average molecular weight is 547 g/mol. The first-order valence-corrected chi connectivity index (χ1v) is 15.2. The van der Waals surface area contributed by atoms with Crippen molar-refractivity contribution in [2.24, 2.45) is 5.41 Å². The van der Waals surface area contributed by atoms with Crippen molar-refractivity contribution >= 4 is 12.3 Å². The molecule has 2 heterocycles. The fraction of sp³-hybridized carbons (Fsp3) is 0.758. The van der Waals surface area contributed by atoms with E-state index in [-0.39, 0.29) is 11.4 Å². The van der Waals surface area contributed by atoms with E-state index in [1.807, 2.05) is 43.7 Å². The molecule has 39 heavy (non-hydrogen) atoms. The molecule has 4 rings (SSSR count). The lowest BCUT2D eigenvalue weighted by atomic mass is 9.92. The Labute approximate surface area is 242 Å². The molecule has 2 amide bonds. The molecule has 4 aliphatic rings. The molecule has 6 heteroatoms. The third-order valence-electron chi connectivity index (χ3n) is 7.32. The molecule has 6 nitrogen and oxygen atoms in total. The molecule has 0 aromatic heterocycles. The fourth-order valence-electron chi connectivity index (χ4n) is 4.16. The number of carbonyl (C=O) groups is 2. The lowest BCUT2D eigenvalue weighted by Gasteiger charge is -2.33.